The minimum atomic E-state index is -0.129. The van der Waals surface area contributed by atoms with Crippen molar-refractivity contribution >= 4 is 5.69 Å². The highest BCUT2D eigenvalue weighted by molar-refractivity contribution is 5.75. The molecule has 1 aliphatic heterocycles. The summed E-state index contributed by atoms with van der Waals surface area (Å²) in [4.78, 5) is 12.5. The lowest BCUT2D eigenvalue weighted by molar-refractivity contribution is 0.719. The van der Waals surface area contributed by atoms with Crippen molar-refractivity contribution in [3.63, 3.8) is 0 Å². The molecular weight excluding hydrogens is 264 g/mol. The summed E-state index contributed by atoms with van der Waals surface area (Å²) in [6.45, 7) is 2.46. The Bertz CT molecular complexity index is 874. The van der Waals surface area contributed by atoms with Crippen molar-refractivity contribution in [1.82, 2.24) is 14.3 Å². The van der Waals surface area contributed by atoms with E-state index >= 15 is 0 Å². The number of aryl methyl sites for hydroxylation is 1. The van der Waals surface area contributed by atoms with E-state index < -0.39 is 0 Å². The maximum absolute atomic E-state index is 12.5. The van der Waals surface area contributed by atoms with Crippen LogP contribution in [0.25, 0.3) is 17.1 Å². The van der Waals surface area contributed by atoms with Gasteiger partial charge in [0.2, 0.25) is 0 Å². The molecule has 0 bridgehead atoms. The van der Waals surface area contributed by atoms with Gasteiger partial charge in [-0.25, -0.2) is 4.79 Å². The van der Waals surface area contributed by atoms with Crippen LogP contribution in [-0.4, -0.2) is 14.3 Å². The number of benzene rings is 2. The van der Waals surface area contributed by atoms with Gasteiger partial charge >= 0.3 is 5.69 Å². The lowest BCUT2D eigenvalue weighted by Crippen LogP contribution is -2.28. The third kappa shape index (κ3) is 1.78. The van der Waals surface area contributed by atoms with Crippen LogP contribution in [0.4, 0.5) is 5.69 Å². The van der Waals surface area contributed by atoms with Gasteiger partial charge in [0.15, 0.2) is 5.82 Å². The smallest absolute Gasteiger partial charge is 0.352 e. The van der Waals surface area contributed by atoms with Gasteiger partial charge in [0, 0.05) is 11.3 Å². The van der Waals surface area contributed by atoms with Crippen molar-refractivity contribution in [3.05, 3.63) is 64.6 Å². The third-order valence-corrected chi connectivity index (χ3v) is 3.74. The van der Waals surface area contributed by atoms with E-state index in [1.807, 2.05) is 55.5 Å². The normalized spacial score (nSPS) is 12.4. The van der Waals surface area contributed by atoms with Crippen LogP contribution >= 0.6 is 0 Å². The third-order valence-electron chi connectivity index (χ3n) is 3.74. The molecule has 104 valence electrons. The number of hydrogen-bond donors (Lipinski definition) is 1. The van der Waals surface area contributed by atoms with Crippen molar-refractivity contribution in [2.24, 2.45) is 0 Å². The summed E-state index contributed by atoms with van der Waals surface area (Å²) < 4.78 is 3.11. The van der Waals surface area contributed by atoms with Crippen molar-refractivity contribution in [3.8, 4) is 17.1 Å². The van der Waals surface area contributed by atoms with Crippen LogP contribution in [0, 0.1) is 6.92 Å². The quantitative estimate of drug-likeness (QED) is 0.743. The molecule has 1 aromatic heterocycles. The Balaban J connectivity index is 1.93. The first-order valence-corrected chi connectivity index (χ1v) is 6.84. The molecule has 0 radical (unpaired) electrons. The minimum Gasteiger partial charge on any atom is -0.367 e. The molecule has 0 atom stereocenters. The summed E-state index contributed by atoms with van der Waals surface area (Å²) in [5, 5.41) is 7.76. The molecule has 0 fully saturated rings. The number of nitrogens with zero attached hydrogens (tertiary/aromatic N) is 3. The maximum Gasteiger partial charge on any atom is 0.352 e. The molecule has 0 saturated carbocycles. The number of fused-ring (bicyclic) bond motifs is 3. The zero-order valence-corrected chi connectivity index (χ0v) is 11.6. The zero-order chi connectivity index (χ0) is 14.4. The van der Waals surface area contributed by atoms with E-state index in [2.05, 4.69) is 10.4 Å². The largest absolute Gasteiger partial charge is 0.367 e. The van der Waals surface area contributed by atoms with E-state index in [4.69, 9.17) is 0 Å². The molecule has 4 rings (SSSR count). The zero-order valence-electron chi connectivity index (χ0n) is 11.6. The van der Waals surface area contributed by atoms with Gasteiger partial charge in [0.1, 0.15) is 0 Å². The summed E-state index contributed by atoms with van der Waals surface area (Å²) in [5.74, 6) is 0.704. The van der Waals surface area contributed by atoms with Crippen LogP contribution in [-0.2, 0) is 6.67 Å². The molecule has 0 unspecified atom stereocenters. The Morgan fingerprint density at radius 3 is 2.67 bits per heavy atom. The average molecular weight is 278 g/mol. The van der Waals surface area contributed by atoms with Gasteiger partial charge in [-0.1, -0.05) is 29.8 Å². The highest BCUT2D eigenvalue weighted by atomic mass is 16.2. The molecule has 0 spiro atoms. The van der Waals surface area contributed by atoms with E-state index in [0.29, 0.717) is 12.5 Å². The second-order valence-electron chi connectivity index (χ2n) is 5.16. The number of aromatic nitrogens is 3. The van der Waals surface area contributed by atoms with Crippen LogP contribution in [0.5, 0.6) is 0 Å². The van der Waals surface area contributed by atoms with Crippen molar-refractivity contribution in [1.29, 1.82) is 0 Å². The number of rotatable bonds is 1. The van der Waals surface area contributed by atoms with Crippen LogP contribution in [0.2, 0.25) is 0 Å². The highest BCUT2D eigenvalue weighted by Crippen LogP contribution is 2.29. The fourth-order valence-corrected chi connectivity index (χ4v) is 2.59. The van der Waals surface area contributed by atoms with E-state index in [1.165, 1.54) is 4.68 Å². The predicted octanol–water partition coefficient (Wildman–Crippen LogP) is 2.39. The first-order valence-electron chi connectivity index (χ1n) is 6.84. The van der Waals surface area contributed by atoms with E-state index in [9.17, 15) is 4.79 Å². The Morgan fingerprint density at radius 1 is 1.10 bits per heavy atom. The molecule has 0 amide bonds. The van der Waals surface area contributed by atoms with Crippen molar-refractivity contribution < 1.29 is 0 Å². The second-order valence-corrected chi connectivity index (χ2v) is 5.16. The van der Waals surface area contributed by atoms with Gasteiger partial charge in [-0.2, -0.15) is 4.68 Å². The number of para-hydroxylation sites is 1. The molecule has 5 nitrogen and oxygen atoms in total. The Kier molecular flexibility index (Phi) is 2.47. The first kappa shape index (κ1) is 12.0. The summed E-state index contributed by atoms with van der Waals surface area (Å²) in [6.07, 6.45) is 0. The molecule has 0 saturated heterocycles. The second kappa shape index (κ2) is 4.34. The van der Waals surface area contributed by atoms with Gasteiger partial charge in [-0.15, -0.1) is 5.10 Å². The van der Waals surface area contributed by atoms with Crippen LogP contribution in [0.3, 0.4) is 0 Å². The molecule has 2 aromatic carbocycles. The van der Waals surface area contributed by atoms with Gasteiger partial charge in [-0.05, 0) is 31.2 Å². The molecule has 0 aliphatic carbocycles. The average Bonchev–Trinajstić information content (AvgIpc) is 2.86. The van der Waals surface area contributed by atoms with Crippen LogP contribution < -0.4 is 11.0 Å². The standard InChI is InChI=1S/C16H14N4O/c1-11-6-8-12(9-7-11)20-16(21)19-10-17-14-5-3-2-4-13(14)15(19)18-20/h2-9,17H,10H2,1H3. The molecule has 1 aliphatic rings. The summed E-state index contributed by atoms with van der Waals surface area (Å²) in [7, 11) is 0. The van der Waals surface area contributed by atoms with Crippen LogP contribution in [0.1, 0.15) is 5.56 Å². The van der Waals surface area contributed by atoms with E-state index in [1.54, 1.807) is 4.57 Å². The summed E-state index contributed by atoms with van der Waals surface area (Å²) in [6, 6.07) is 15.7. The van der Waals surface area contributed by atoms with Gasteiger partial charge in [0.25, 0.3) is 0 Å². The lowest BCUT2D eigenvalue weighted by atomic mass is 10.1. The Hall–Kier alpha value is -2.82. The number of anilines is 1. The fraction of sp³-hybridized carbons (Fsp3) is 0.125. The monoisotopic (exact) mass is 278 g/mol. The van der Waals surface area contributed by atoms with E-state index in [0.717, 1.165) is 22.5 Å². The van der Waals surface area contributed by atoms with Crippen molar-refractivity contribution in [2.75, 3.05) is 5.32 Å². The van der Waals surface area contributed by atoms with Gasteiger partial charge < -0.3 is 5.32 Å². The first-order chi connectivity index (χ1) is 10.2. The molecular formula is C16H14N4O. The maximum atomic E-state index is 12.5. The topological polar surface area (TPSA) is 51.9 Å². The van der Waals surface area contributed by atoms with Crippen molar-refractivity contribution in [2.45, 2.75) is 13.6 Å². The predicted molar refractivity (Wildman–Crippen MR) is 81.6 cm³/mol. The molecule has 21 heavy (non-hydrogen) atoms. The van der Waals surface area contributed by atoms with Gasteiger partial charge in [-0.3, -0.25) is 4.57 Å². The summed E-state index contributed by atoms with van der Waals surface area (Å²) >= 11 is 0. The van der Waals surface area contributed by atoms with Crippen LogP contribution in [0.15, 0.2) is 53.3 Å². The number of hydrogen-bond acceptors (Lipinski definition) is 3. The SMILES string of the molecule is Cc1ccc(-n2nc3n(c2=O)CNc2ccccc2-3)cc1. The fourth-order valence-electron chi connectivity index (χ4n) is 2.59. The molecule has 3 aromatic rings. The Morgan fingerprint density at radius 2 is 1.86 bits per heavy atom. The van der Waals surface area contributed by atoms with E-state index in [-0.39, 0.29) is 5.69 Å². The molecule has 1 N–H and O–H groups in total. The number of nitrogens with one attached hydrogen (secondary N) is 1. The molecule has 2 heterocycles. The van der Waals surface area contributed by atoms with Gasteiger partial charge in [0.05, 0.1) is 12.4 Å². The Labute approximate surface area is 121 Å². The minimum absolute atomic E-state index is 0.129. The summed E-state index contributed by atoms with van der Waals surface area (Å²) in [5.41, 5.74) is 3.77. The molecule has 5 heteroatoms. The highest BCUT2D eigenvalue weighted by Gasteiger charge is 2.21. The lowest BCUT2D eigenvalue weighted by Gasteiger charge is -2.17.